The quantitative estimate of drug-likeness (QED) is 0.403. The van der Waals surface area contributed by atoms with Crippen LogP contribution in [0, 0.1) is 0 Å². The van der Waals surface area contributed by atoms with Gasteiger partial charge in [0.05, 0.1) is 17.6 Å². The zero-order chi connectivity index (χ0) is 22.8. The predicted molar refractivity (Wildman–Crippen MR) is 131 cm³/mol. The molecule has 1 aromatic heterocycles. The second-order valence-corrected chi connectivity index (χ2v) is 8.50. The molecule has 2 heterocycles. The number of ether oxygens (including phenoxy) is 1. The van der Waals surface area contributed by atoms with Crippen LogP contribution in [0.15, 0.2) is 66.7 Å². The van der Waals surface area contributed by atoms with E-state index in [-0.39, 0.29) is 5.91 Å². The first-order valence-corrected chi connectivity index (χ1v) is 11.7. The monoisotopic (exact) mass is 439 g/mol. The molecule has 1 aliphatic heterocycles. The van der Waals surface area contributed by atoms with E-state index in [0.717, 1.165) is 48.6 Å². The fraction of sp³-hybridized carbons (Fsp3) is 0.286. The van der Waals surface area contributed by atoms with Gasteiger partial charge < -0.3 is 14.2 Å². The molecule has 5 rings (SSSR count). The Morgan fingerprint density at radius 2 is 1.82 bits per heavy atom. The summed E-state index contributed by atoms with van der Waals surface area (Å²) < 4.78 is 7.95. The number of amides is 1. The second kappa shape index (κ2) is 9.10. The normalized spacial score (nSPS) is 12.5. The highest BCUT2D eigenvalue weighted by molar-refractivity contribution is 5.97. The number of carbonyl (C=O) groups excluding carboxylic acids is 1. The maximum atomic E-state index is 12.9. The van der Waals surface area contributed by atoms with Gasteiger partial charge in [0.15, 0.2) is 0 Å². The molecule has 0 saturated heterocycles. The Morgan fingerprint density at radius 1 is 1.00 bits per heavy atom. The van der Waals surface area contributed by atoms with Crippen molar-refractivity contribution in [1.29, 1.82) is 0 Å². The molecule has 0 aliphatic carbocycles. The Hall–Kier alpha value is -3.60. The first-order chi connectivity index (χ1) is 16.2. The number of benzene rings is 3. The van der Waals surface area contributed by atoms with E-state index >= 15 is 0 Å². The first-order valence-electron chi connectivity index (χ1n) is 11.7. The minimum Gasteiger partial charge on any atom is -0.493 e. The molecule has 0 fully saturated rings. The maximum Gasteiger partial charge on any atom is 0.253 e. The third kappa shape index (κ3) is 4.23. The van der Waals surface area contributed by atoms with Gasteiger partial charge >= 0.3 is 0 Å². The van der Waals surface area contributed by atoms with Crippen LogP contribution in [0.1, 0.15) is 46.7 Å². The molecular formula is C28H29N3O2. The molecule has 0 unspecified atom stereocenters. The number of imidazole rings is 1. The van der Waals surface area contributed by atoms with E-state index in [2.05, 4.69) is 47.0 Å². The molecule has 1 amide bonds. The van der Waals surface area contributed by atoms with Gasteiger partial charge in [-0.3, -0.25) is 4.79 Å². The van der Waals surface area contributed by atoms with E-state index < -0.39 is 0 Å². The molecule has 5 nitrogen and oxygen atoms in total. The van der Waals surface area contributed by atoms with Crippen LogP contribution in [-0.4, -0.2) is 40.1 Å². The van der Waals surface area contributed by atoms with Crippen molar-refractivity contribution in [2.45, 2.75) is 33.2 Å². The Kier molecular flexibility index (Phi) is 5.86. The highest BCUT2D eigenvalue weighted by atomic mass is 16.5. The summed E-state index contributed by atoms with van der Waals surface area (Å²) in [6.45, 7) is 6.91. The molecule has 0 bridgehead atoms. The topological polar surface area (TPSA) is 47.4 Å². The SMILES string of the molecule is CCN(CC)C(=O)c1ccc2c(c1)nc(Cc1ccc3c(c1)CCO3)n2Cc1ccccc1. The van der Waals surface area contributed by atoms with E-state index in [1.165, 1.54) is 16.7 Å². The average Bonchev–Trinajstić information content (AvgIpc) is 3.44. The smallest absolute Gasteiger partial charge is 0.253 e. The van der Waals surface area contributed by atoms with Gasteiger partial charge in [-0.05, 0) is 54.8 Å². The summed E-state index contributed by atoms with van der Waals surface area (Å²) in [4.78, 5) is 19.8. The molecule has 4 aromatic rings. The molecule has 33 heavy (non-hydrogen) atoms. The molecule has 0 saturated carbocycles. The molecular weight excluding hydrogens is 410 g/mol. The molecule has 0 atom stereocenters. The van der Waals surface area contributed by atoms with Crippen LogP contribution in [0.2, 0.25) is 0 Å². The van der Waals surface area contributed by atoms with Crippen molar-refractivity contribution >= 4 is 16.9 Å². The van der Waals surface area contributed by atoms with E-state index in [1.807, 2.05) is 43.0 Å². The van der Waals surface area contributed by atoms with Gasteiger partial charge in [0, 0.05) is 38.0 Å². The van der Waals surface area contributed by atoms with Crippen molar-refractivity contribution in [3.63, 3.8) is 0 Å². The maximum absolute atomic E-state index is 12.9. The predicted octanol–water partition coefficient (Wildman–Crippen LogP) is 5.09. The molecule has 0 radical (unpaired) electrons. The van der Waals surface area contributed by atoms with Gasteiger partial charge in [-0.15, -0.1) is 0 Å². The van der Waals surface area contributed by atoms with Gasteiger partial charge in [-0.2, -0.15) is 0 Å². The number of aromatic nitrogens is 2. The average molecular weight is 440 g/mol. The Balaban J connectivity index is 1.55. The number of carbonyl (C=O) groups is 1. The Morgan fingerprint density at radius 3 is 2.61 bits per heavy atom. The lowest BCUT2D eigenvalue weighted by molar-refractivity contribution is 0.0773. The minimum absolute atomic E-state index is 0.0553. The third-order valence-electron chi connectivity index (χ3n) is 6.42. The summed E-state index contributed by atoms with van der Waals surface area (Å²) in [5.74, 6) is 2.05. The van der Waals surface area contributed by atoms with Crippen LogP contribution in [0.3, 0.4) is 0 Å². The summed E-state index contributed by atoms with van der Waals surface area (Å²) in [6.07, 6.45) is 1.69. The number of hydrogen-bond donors (Lipinski definition) is 0. The van der Waals surface area contributed by atoms with Crippen LogP contribution in [0.4, 0.5) is 0 Å². The van der Waals surface area contributed by atoms with Gasteiger partial charge in [0.1, 0.15) is 11.6 Å². The van der Waals surface area contributed by atoms with Gasteiger partial charge in [-0.25, -0.2) is 4.98 Å². The largest absolute Gasteiger partial charge is 0.493 e. The fourth-order valence-electron chi connectivity index (χ4n) is 4.62. The van der Waals surface area contributed by atoms with Crippen LogP contribution in [-0.2, 0) is 19.4 Å². The van der Waals surface area contributed by atoms with Crippen LogP contribution in [0.5, 0.6) is 5.75 Å². The van der Waals surface area contributed by atoms with Gasteiger partial charge in [0.2, 0.25) is 0 Å². The van der Waals surface area contributed by atoms with Crippen molar-refractivity contribution in [1.82, 2.24) is 14.5 Å². The van der Waals surface area contributed by atoms with Gasteiger partial charge in [0.25, 0.3) is 5.91 Å². The number of hydrogen-bond acceptors (Lipinski definition) is 3. The third-order valence-corrected chi connectivity index (χ3v) is 6.42. The van der Waals surface area contributed by atoms with Crippen molar-refractivity contribution in [3.05, 3.63) is 94.8 Å². The summed E-state index contributed by atoms with van der Waals surface area (Å²) in [5, 5.41) is 0. The summed E-state index contributed by atoms with van der Waals surface area (Å²) in [6, 6.07) is 22.8. The molecule has 3 aromatic carbocycles. The van der Waals surface area contributed by atoms with Crippen molar-refractivity contribution in [2.24, 2.45) is 0 Å². The van der Waals surface area contributed by atoms with Crippen molar-refractivity contribution < 1.29 is 9.53 Å². The summed E-state index contributed by atoms with van der Waals surface area (Å²) >= 11 is 0. The zero-order valence-corrected chi connectivity index (χ0v) is 19.3. The lowest BCUT2D eigenvalue weighted by Crippen LogP contribution is -2.30. The van der Waals surface area contributed by atoms with E-state index in [1.54, 1.807) is 0 Å². The molecule has 5 heteroatoms. The van der Waals surface area contributed by atoms with Crippen molar-refractivity contribution in [3.8, 4) is 5.75 Å². The number of nitrogens with zero attached hydrogens (tertiary/aromatic N) is 3. The zero-order valence-electron chi connectivity index (χ0n) is 19.3. The lowest BCUT2D eigenvalue weighted by Gasteiger charge is -2.18. The Labute approximate surface area is 194 Å². The van der Waals surface area contributed by atoms with Crippen LogP contribution in [0.25, 0.3) is 11.0 Å². The first kappa shape index (κ1) is 21.3. The molecule has 168 valence electrons. The summed E-state index contributed by atoms with van der Waals surface area (Å²) in [5.41, 5.74) is 6.33. The highest BCUT2D eigenvalue weighted by Gasteiger charge is 2.18. The van der Waals surface area contributed by atoms with E-state index in [9.17, 15) is 4.79 Å². The summed E-state index contributed by atoms with van der Waals surface area (Å²) in [7, 11) is 0. The highest BCUT2D eigenvalue weighted by Crippen LogP contribution is 2.28. The molecule has 0 N–H and O–H groups in total. The van der Waals surface area contributed by atoms with Gasteiger partial charge in [-0.1, -0.05) is 42.5 Å². The fourth-order valence-corrected chi connectivity index (χ4v) is 4.62. The standard InChI is InChI=1S/C28H29N3O2/c1-3-30(4-2)28(32)23-11-12-25-24(18-23)29-27(31(25)19-20-8-6-5-7-9-20)17-21-10-13-26-22(16-21)14-15-33-26/h5-13,16,18H,3-4,14-15,17,19H2,1-2H3. The Bertz CT molecular complexity index is 1290. The lowest BCUT2D eigenvalue weighted by atomic mass is 10.1. The van der Waals surface area contributed by atoms with Crippen LogP contribution >= 0.6 is 0 Å². The second-order valence-electron chi connectivity index (χ2n) is 8.50. The van der Waals surface area contributed by atoms with Crippen molar-refractivity contribution in [2.75, 3.05) is 19.7 Å². The minimum atomic E-state index is 0.0553. The molecule has 1 aliphatic rings. The van der Waals surface area contributed by atoms with E-state index in [4.69, 9.17) is 9.72 Å². The van der Waals surface area contributed by atoms with E-state index in [0.29, 0.717) is 18.7 Å². The molecule has 0 spiro atoms. The number of rotatable bonds is 7. The van der Waals surface area contributed by atoms with Crippen LogP contribution < -0.4 is 4.74 Å². The number of fused-ring (bicyclic) bond motifs is 2.